The number of rotatable bonds is 6. The van der Waals surface area contributed by atoms with E-state index in [-0.39, 0.29) is 17.9 Å². The molecule has 10 heteroatoms. The second kappa shape index (κ2) is 7.63. The van der Waals surface area contributed by atoms with Gasteiger partial charge in [-0.25, -0.2) is 4.98 Å². The molecule has 1 aromatic heterocycles. The van der Waals surface area contributed by atoms with Crippen LogP contribution >= 0.6 is 0 Å². The lowest BCUT2D eigenvalue weighted by molar-refractivity contribution is -0.153. The van der Waals surface area contributed by atoms with E-state index in [0.29, 0.717) is 31.0 Å². The molecule has 1 aliphatic rings. The smallest absolute Gasteiger partial charge is 0.422 e. The first kappa shape index (κ1) is 18.0. The number of likely N-dealkylation sites (tertiary alicyclic amines) is 1. The Kier molecular flexibility index (Phi) is 5.29. The Morgan fingerprint density at radius 1 is 1.35 bits per heavy atom. The van der Waals surface area contributed by atoms with Crippen molar-refractivity contribution in [1.82, 2.24) is 20.1 Å². The number of nitrogens with one attached hydrogen (secondary N) is 1. The number of carbonyl (C=O) groups excluding carboxylic acids is 1. The standard InChI is InChI=1S/C16H17F3N4O3/c17-16(18,19)8-25-11-2-1-3-12(6-11)26-13-4-5-23(10-24)14(7-13)15-20-9-21-22-15/h1-3,6,9-10,13-14H,4-5,7-8H2,(H,20,21,22). The predicted molar refractivity (Wildman–Crippen MR) is 83.5 cm³/mol. The zero-order valence-corrected chi connectivity index (χ0v) is 13.6. The summed E-state index contributed by atoms with van der Waals surface area (Å²) in [6.07, 6.45) is -1.38. The van der Waals surface area contributed by atoms with Gasteiger partial charge in [0.1, 0.15) is 23.9 Å². The summed E-state index contributed by atoms with van der Waals surface area (Å²) in [6.45, 7) is -0.890. The van der Waals surface area contributed by atoms with Crippen LogP contribution in [0.2, 0.25) is 0 Å². The molecule has 0 aliphatic carbocycles. The summed E-state index contributed by atoms with van der Waals surface area (Å²) in [5.74, 6) is 0.978. The highest BCUT2D eigenvalue weighted by Crippen LogP contribution is 2.31. The van der Waals surface area contributed by atoms with E-state index in [1.54, 1.807) is 17.0 Å². The molecule has 2 unspecified atom stereocenters. The van der Waals surface area contributed by atoms with Crippen molar-refractivity contribution in [2.24, 2.45) is 0 Å². The molecule has 2 aromatic rings. The molecular weight excluding hydrogens is 353 g/mol. The average Bonchev–Trinajstić information content (AvgIpc) is 3.14. The molecule has 0 saturated carbocycles. The van der Waals surface area contributed by atoms with Crippen molar-refractivity contribution >= 4 is 6.41 Å². The minimum atomic E-state index is -4.40. The van der Waals surface area contributed by atoms with E-state index in [1.807, 2.05) is 0 Å². The molecule has 1 saturated heterocycles. The van der Waals surface area contributed by atoms with Gasteiger partial charge in [0, 0.05) is 25.5 Å². The van der Waals surface area contributed by atoms with Crippen molar-refractivity contribution in [3.05, 3.63) is 36.4 Å². The van der Waals surface area contributed by atoms with Crippen LogP contribution in [-0.4, -0.2) is 51.9 Å². The number of hydrogen-bond acceptors (Lipinski definition) is 5. The summed E-state index contributed by atoms with van der Waals surface area (Å²) in [5.41, 5.74) is 0. The average molecular weight is 370 g/mol. The molecule has 0 bridgehead atoms. The van der Waals surface area contributed by atoms with Gasteiger partial charge in [0.15, 0.2) is 12.4 Å². The van der Waals surface area contributed by atoms with Crippen molar-refractivity contribution in [1.29, 1.82) is 0 Å². The van der Waals surface area contributed by atoms with E-state index < -0.39 is 12.8 Å². The fourth-order valence-corrected chi connectivity index (χ4v) is 2.81. The van der Waals surface area contributed by atoms with Crippen LogP contribution in [0.5, 0.6) is 11.5 Å². The zero-order valence-electron chi connectivity index (χ0n) is 13.6. The maximum atomic E-state index is 12.3. The monoisotopic (exact) mass is 370 g/mol. The molecule has 2 heterocycles. The lowest BCUT2D eigenvalue weighted by Crippen LogP contribution is -2.40. The van der Waals surface area contributed by atoms with Gasteiger partial charge in [0.2, 0.25) is 6.41 Å². The Bertz CT molecular complexity index is 724. The molecule has 0 radical (unpaired) electrons. The highest BCUT2D eigenvalue weighted by atomic mass is 19.4. The molecular formula is C16H17F3N4O3. The Labute approximate surface area is 147 Å². The van der Waals surface area contributed by atoms with Gasteiger partial charge in [0.05, 0.1) is 6.04 Å². The Hall–Kier alpha value is -2.78. The van der Waals surface area contributed by atoms with Crippen LogP contribution in [0.15, 0.2) is 30.6 Å². The number of carbonyl (C=O) groups is 1. The number of nitrogens with zero attached hydrogens (tertiary/aromatic N) is 3. The summed E-state index contributed by atoms with van der Waals surface area (Å²) < 4.78 is 47.4. The first-order valence-electron chi connectivity index (χ1n) is 7.97. The van der Waals surface area contributed by atoms with Gasteiger partial charge in [-0.15, -0.1) is 0 Å². The molecule has 0 spiro atoms. The maximum Gasteiger partial charge on any atom is 0.422 e. The van der Waals surface area contributed by atoms with E-state index in [2.05, 4.69) is 15.2 Å². The topological polar surface area (TPSA) is 80.3 Å². The van der Waals surface area contributed by atoms with E-state index in [4.69, 9.17) is 9.47 Å². The van der Waals surface area contributed by atoms with Crippen molar-refractivity contribution < 1.29 is 27.4 Å². The third-order valence-electron chi connectivity index (χ3n) is 3.97. The number of aromatic amines is 1. The predicted octanol–water partition coefficient (Wildman–Crippen LogP) is 2.49. The first-order valence-corrected chi connectivity index (χ1v) is 7.97. The highest BCUT2D eigenvalue weighted by Gasteiger charge is 2.32. The molecule has 1 amide bonds. The first-order chi connectivity index (χ1) is 12.4. The zero-order chi connectivity index (χ0) is 18.6. The molecule has 2 atom stereocenters. The Morgan fingerprint density at radius 3 is 2.85 bits per heavy atom. The molecule has 3 rings (SSSR count). The van der Waals surface area contributed by atoms with Crippen molar-refractivity contribution in [2.75, 3.05) is 13.2 Å². The summed E-state index contributed by atoms with van der Waals surface area (Å²) in [7, 11) is 0. The van der Waals surface area contributed by atoms with Gasteiger partial charge in [-0.3, -0.25) is 9.89 Å². The molecule has 26 heavy (non-hydrogen) atoms. The second-order valence-corrected chi connectivity index (χ2v) is 5.86. The lowest BCUT2D eigenvalue weighted by atomic mass is 9.99. The fourth-order valence-electron chi connectivity index (χ4n) is 2.81. The highest BCUT2D eigenvalue weighted by molar-refractivity contribution is 5.48. The van der Waals surface area contributed by atoms with Gasteiger partial charge in [0.25, 0.3) is 0 Å². The number of halogens is 3. The molecule has 1 aromatic carbocycles. The van der Waals surface area contributed by atoms with E-state index in [9.17, 15) is 18.0 Å². The Balaban J connectivity index is 1.64. The summed E-state index contributed by atoms with van der Waals surface area (Å²) >= 11 is 0. The number of ether oxygens (including phenoxy) is 2. The van der Waals surface area contributed by atoms with Crippen LogP contribution in [0.3, 0.4) is 0 Å². The van der Waals surface area contributed by atoms with Crippen LogP contribution in [0.4, 0.5) is 13.2 Å². The van der Waals surface area contributed by atoms with Crippen LogP contribution < -0.4 is 9.47 Å². The van der Waals surface area contributed by atoms with Crippen molar-refractivity contribution in [3.63, 3.8) is 0 Å². The quantitative estimate of drug-likeness (QED) is 0.791. The molecule has 1 N–H and O–H groups in total. The fraction of sp³-hybridized carbons (Fsp3) is 0.438. The third kappa shape index (κ3) is 4.64. The van der Waals surface area contributed by atoms with Crippen LogP contribution in [0.25, 0.3) is 0 Å². The second-order valence-electron chi connectivity index (χ2n) is 5.86. The van der Waals surface area contributed by atoms with Crippen LogP contribution in [-0.2, 0) is 4.79 Å². The number of H-pyrrole nitrogens is 1. The summed E-state index contributed by atoms with van der Waals surface area (Å²) in [6, 6.07) is 5.74. The number of benzene rings is 1. The van der Waals surface area contributed by atoms with Crippen LogP contribution in [0.1, 0.15) is 24.7 Å². The molecule has 7 nitrogen and oxygen atoms in total. The van der Waals surface area contributed by atoms with E-state index >= 15 is 0 Å². The van der Waals surface area contributed by atoms with E-state index in [0.717, 1.165) is 6.41 Å². The number of aromatic nitrogens is 3. The normalized spacial score (nSPS) is 20.7. The van der Waals surface area contributed by atoms with Crippen molar-refractivity contribution in [3.8, 4) is 11.5 Å². The SMILES string of the molecule is O=CN1CCC(Oc2cccc(OCC(F)(F)F)c2)CC1c1nc[nH]n1. The largest absolute Gasteiger partial charge is 0.490 e. The van der Waals surface area contributed by atoms with Gasteiger partial charge in [-0.2, -0.15) is 18.3 Å². The van der Waals surface area contributed by atoms with Crippen molar-refractivity contribution in [2.45, 2.75) is 31.2 Å². The molecule has 1 fully saturated rings. The minimum absolute atomic E-state index is 0.0793. The molecule has 140 valence electrons. The number of amides is 1. The van der Waals surface area contributed by atoms with E-state index in [1.165, 1.54) is 18.5 Å². The lowest BCUT2D eigenvalue weighted by Gasteiger charge is -2.35. The van der Waals surface area contributed by atoms with Gasteiger partial charge >= 0.3 is 6.18 Å². The minimum Gasteiger partial charge on any atom is -0.490 e. The number of alkyl halides is 3. The Morgan fingerprint density at radius 2 is 2.15 bits per heavy atom. The van der Waals surface area contributed by atoms with Gasteiger partial charge in [-0.1, -0.05) is 6.07 Å². The maximum absolute atomic E-state index is 12.3. The summed E-state index contributed by atoms with van der Waals surface area (Å²) in [4.78, 5) is 16.9. The van der Waals surface area contributed by atoms with Gasteiger partial charge < -0.3 is 14.4 Å². The molecule has 1 aliphatic heterocycles. The van der Waals surface area contributed by atoms with Gasteiger partial charge in [-0.05, 0) is 12.1 Å². The third-order valence-corrected chi connectivity index (χ3v) is 3.97. The number of hydrogen-bond donors (Lipinski definition) is 1. The van der Waals surface area contributed by atoms with Crippen LogP contribution in [0, 0.1) is 0 Å². The summed E-state index contributed by atoms with van der Waals surface area (Å²) in [5, 5.41) is 6.64. The number of piperidine rings is 1.